The van der Waals surface area contributed by atoms with Crippen LogP contribution in [0.1, 0.15) is 20.8 Å². The molecule has 9 heteroatoms. The monoisotopic (exact) mass is 488 g/mol. The van der Waals surface area contributed by atoms with Crippen LogP contribution in [0.4, 0.5) is 5.69 Å². The highest BCUT2D eigenvalue weighted by molar-refractivity contribution is 7.20. The lowest BCUT2D eigenvalue weighted by Crippen LogP contribution is -2.16. The molecule has 0 fully saturated rings. The molecule has 0 saturated carbocycles. The molecular formula is C25H17ClN4O3S. The minimum absolute atomic E-state index is 0.0107. The molecule has 5 aromatic rings. The first-order valence-electron chi connectivity index (χ1n) is 10.3. The van der Waals surface area contributed by atoms with E-state index in [-0.39, 0.29) is 11.6 Å². The Labute approximate surface area is 203 Å². The molecule has 1 amide bonds. The third-order valence-corrected chi connectivity index (χ3v) is 6.91. The fourth-order valence-electron chi connectivity index (χ4n) is 3.79. The van der Waals surface area contributed by atoms with E-state index < -0.39 is 4.92 Å². The number of hydrogen-bond donors (Lipinski definition) is 1. The Morgan fingerprint density at radius 1 is 1.12 bits per heavy atom. The van der Waals surface area contributed by atoms with Crippen LogP contribution in [0.15, 0.2) is 84.1 Å². The number of hydrogen-bond acceptors (Lipinski definition) is 5. The highest BCUT2D eigenvalue weighted by atomic mass is 35.5. The number of para-hydroxylation sites is 1. The summed E-state index contributed by atoms with van der Waals surface area (Å²) in [6, 6.07) is 21.8. The third kappa shape index (κ3) is 4.28. The summed E-state index contributed by atoms with van der Waals surface area (Å²) in [4.78, 5) is 23.5. The number of nitrogens with one attached hydrogen (secondary N) is 1. The number of benzene rings is 3. The first kappa shape index (κ1) is 21.8. The standard InChI is InChI=1S/C25H17ClN4O3S/c26-21-7-3-1-5-16(21)14-29-15-18(20-6-2-4-8-22(20)29)13-27-28-25(31)24-12-17-11-19(30(32)33)9-10-23(17)34-24/h1-13,15H,14H2,(H,28,31). The molecule has 168 valence electrons. The predicted molar refractivity (Wildman–Crippen MR) is 136 cm³/mol. The van der Waals surface area contributed by atoms with Crippen LogP contribution in [-0.2, 0) is 6.54 Å². The zero-order valence-corrected chi connectivity index (χ0v) is 19.2. The number of non-ortho nitro benzene ring substituents is 1. The van der Waals surface area contributed by atoms with Gasteiger partial charge in [0.05, 0.1) is 16.0 Å². The van der Waals surface area contributed by atoms with Crippen molar-refractivity contribution in [3.8, 4) is 0 Å². The summed E-state index contributed by atoms with van der Waals surface area (Å²) >= 11 is 7.60. The van der Waals surface area contributed by atoms with Crippen molar-refractivity contribution in [1.82, 2.24) is 9.99 Å². The van der Waals surface area contributed by atoms with Gasteiger partial charge in [0.15, 0.2) is 0 Å². The zero-order valence-electron chi connectivity index (χ0n) is 17.6. The fraction of sp³-hybridized carbons (Fsp3) is 0.0400. The molecule has 2 aromatic heterocycles. The quantitative estimate of drug-likeness (QED) is 0.174. The SMILES string of the molecule is O=C(NN=Cc1cn(Cc2ccccc2Cl)c2ccccc12)c1cc2cc([N+](=O)[O-])ccc2s1. The number of amides is 1. The Hall–Kier alpha value is -4.01. The van der Waals surface area contributed by atoms with Gasteiger partial charge in [-0.15, -0.1) is 11.3 Å². The summed E-state index contributed by atoms with van der Waals surface area (Å²) in [5.41, 5.74) is 5.44. The van der Waals surface area contributed by atoms with Gasteiger partial charge in [-0.25, -0.2) is 5.43 Å². The van der Waals surface area contributed by atoms with Gasteiger partial charge in [0.1, 0.15) is 0 Å². The smallest absolute Gasteiger partial charge is 0.281 e. The van der Waals surface area contributed by atoms with Crippen LogP contribution in [0.25, 0.3) is 21.0 Å². The van der Waals surface area contributed by atoms with Crippen molar-refractivity contribution < 1.29 is 9.72 Å². The van der Waals surface area contributed by atoms with Gasteiger partial charge in [0.2, 0.25) is 0 Å². The Balaban J connectivity index is 1.37. The van der Waals surface area contributed by atoms with Crippen LogP contribution in [0.3, 0.4) is 0 Å². The number of nitro groups is 1. The Morgan fingerprint density at radius 3 is 2.74 bits per heavy atom. The van der Waals surface area contributed by atoms with Crippen molar-refractivity contribution in [3.63, 3.8) is 0 Å². The minimum atomic E-state index is -0.455. The number of fused-ring (bicyclic) bond motifs is 2. The zero-order chi connectivity index (χ0) is 23.7. The summed E-state index contributed by atoms with van der Waals surface area (Å²) in [5.74, 6) is -0.375. The average Bonchev–Trinajstić information content (AvgIpc) is 3.42. The maximum atomic E-state index is 12.6. The van der Waals surface area contributed by atoms with Gasteiger partial charge in [0, 0.05) is 56.4 Å². The van der Waals surface area contributed by atoms with E-state index in [0.29, 0.717) is 21.8 Å². The summed E-state index contributed by atoms with van der Waals surface area (Å²) < 4.78 is 2.89. The second kappa shape index (κ2) is 9.09. The molecule has 1 N–H and O–H groups in total. The van der Waals surface area contributed by atoms with Gasteiger partial charge in [0.25, 0.3) is 11.6 Å². The van der Waals surface area contributed by atoms with Crippen LogP contribution < -0.4 is 5.43 Å². The molecule has 0 unspecified atom stereocenters. The van der Waals surface area contributed by atoms with Crippen LogP contribution in [0.2, 0.25) is 5.02 Å². The Kier molecular flexibility index (Phi) is 5.83. The number of nitrogens with zero attached hydrogens (tertiary/aromatic N) is 3. The summed E-state index contributed by atoms with van der Waals surface area (Å²) in [7, 11) is 0. The molecule has 7 nitrogen and oxygen atoms in total. The number of nitro benzene ring substituents is 1. The lowest BCUT2D eigenvalue weighted by Gasteiger charge is -2.07. The van der Waals surface area contributed by atoms with Crippen molar-refractivity contribution >= 4 is 61.7 Å². The number of rotatable bonds is 6. The van der Waals surface area contributed by atoms with Crippen LogP contribution >= 0.6 is 22.9 Å². The molecular weight excluding hydrogens is 472 g/mol. The Bertz CT molecular complexity index is 1590. The van der Waals surface area contributed by atoms with E-state index in [2.05, 4.69) is 15.1 Å². The minimum Gasteiger partial charge on any atom is -0.342 e. The molecule has 0 aliphatic carbocycles. The average molecular weight is 489 g/mol. The van der Waals surface area contributed by atoms with Gasteiger partial charge in [-0.3, -0.25) is 14.9 Å². The van der Waals surface area contributed by atoms with E-state index in [4.69, 9.17) is 11.6 Å². The second-order valence-corrected chi connectivity index (χ2v) is 9.10. The predicted octanol–water partition coefficient (Wildman–Crippen LogP) is 6.23. The van der Waals surface area contributed by atoms with Crippen LogP contribution in [0, 0.1) is 10.1 Å². The summed E-state index contributed by atoms with van der Waals surface area (Å²) in [6.07, 6.45) is 3.59. The maximum Gasteiger partial charge on any atom is 0.281 e. The third-order valence-electron chi connectivity index (χ3n) is 5.42. The van der Waals surface area contributed by atoms with E-state index in [1.165, 1.54) is 23.5 Å². The number of aromatic nitrogens is 1. The van der Waals surface area contributed by atoms with Crippen molar-refractivity contribution in [2.75, 3.05) is 0 Å². The highest BCUT2D eigenvalue weighted by Crippen LogP contribution is 2.29. The summed E-state index contributed by atoms with van der Waals surface area (Å²) in [5, 5.41) is 17.5. The van der Waals surface area contributed by atoms with Crippen molar-refractivity contribution in [1.29, 1.82) is 0 Å². The molecule has 3 aromatic carbocycles. The van der Waals surface area contributed by atoms with E-state index in [9.17, 15) is 14.9 Å². The van der Waals surface area contributed by atoms with Gasteiger partial charge in [-0.1, -0.05) is 48.0 Å². The molecule has 0 spiro atoms. The van der Waals surface area contributed by atoms with E-state index in [0.717, 1.165) is 26.7 Å². The van der Waals surface area contributed by atoms with Crippen LogP contribution in [0.5, 0.6) is 0 Å². The van der Waals surface area contributed by atoms with E-state index in [1.807, 2.05) is 54.7 Å². The molecule has 0 aliphatic rings. The second-order valence-electron chi connectivity index (χ2n) is 7.61. The molecule has 34 heavy (non-hydrogen) atoms. The van der Waals surface area contributed by atoms with Gasteiger partial charge in [-0.2, -0.15) is 5.10 Å². The summed E-state index contributed by atoms with van der Waals surface area (Å²) in [6.45, 7) is 0.605. The number of carbonyl (C=O) groups excluding carboxylic acids is 1. The fourth-order valence-corrected chi connectivity index (χ4v) is 4.92. The molecule has 5 rings (SSSR count). The van der Waals surface area contributed by atoms with Gasteiger partial charge < -0.3 is 4.57 Å². The first-order chi connectivity index (χ1) is 16.5. The van der Waals surface area contributed by atoms with Crippen molar-refractivity contribution in [2.45, 2.75) is 6.54 Å². The van der Waals surface area contributed by atoms with Gasteiger partial charge >= 0.3 is 0 Å². The van der Waals surface area contributed by atoms with Crippen LogP contribution in [-0.4, -0.2) is 21.6 Å². The molecule has 0 saturated heterocycles. The number of halogens is 1. The molecule has 0 atom stereocenters. The van der Waals surface area contributed by atoms with Crippen molar-refractivity contribution in [3.05, 3.63) is 110 Å². The highest BCUT2D eigenvalue weighted by Gasteiger charge is 2.13. The number of hydrazone groups is 1. The van der Waals surface area contributed by atoms with Gasteiger partial charge in [-0.05, 0) is 29.8 Å². The largest absolute Gasteiger partial charge is 0.342 e. The molecule has 0 aliphatic heterocycles. The Morgan fingerprint density at radius 2 is 1.91 bits per heavy atom. The van der Waals surface area contributed by atoms with Crippen molar-refractivity contribution in [2.24, 2.45) is 5.10 Å². The lowest BCUT2D eigenvalue weighted by molar-refractivity contribution is -0.384. The normalized spacial score (nSPS) is 11.4. The molecule has 0 bridgehead atoms. The molecule has 0 radical (unpaired) electrons. The van der Waals surface area contributed by atoms with E-state index >= 15 is 0 Å². The van der Waals surface area contributed by atoms with E-state index in [1.54, 1.807) is 18.3 Å². The number of thiophene rings is 1. The molecule has 2 heterocycles. The first-order valence-corrected chi connectivity index (χ1v) is 11.5. The maximum absolute atomic E-state index is 12.6. The topological polar surface area (TPSA) is 89.5 Å². The lowest BCUT2D eigenvalue weighted by atomic mass is 10.2. The number of carbonyl (C=O) groups is 1.